The molecule has 1 rings (SSSR count). The zero-order chi connectivity index (χ0) is 11.4. The Balaban J connectivity index is 2.79. The first kappa shape index (κ1) is 12.3. The Labute approximate surface area is 99.5 Å². The molecule has 1 aromatic carbocycles. The predicted octanol–water partition coefficient (Wildman–Crippen LogP) is 2.73. The monoisotopic (exact) mass is 295 g/mol. The maximum absolute atomic E-state index is 11.9. The third kappa shape index (κ3) is 3.71. The quantitative estimate of drug-likeness (QED) is 0.868. The minimum absolute atomic E-state index is 0.246. The van der Waals surface area contributed by atoms with Crippen LogP contribution in [0.1, 0.15) is 5.56 Å². The van der Waals surface area contributed by atoms with E-state index >= 15 is 0 Å². The molecule has 0 heterocycles. The molecule has 0 spiro atoms. The molecule has 0 aromatic heterocycles. The van der Waals surface area contributed by atoms with Gasteiger partial charge in [-0.25, -0.2) is 8.78 Å². The lowest BCUT2D eigenvalue weighted by Gasteiger charge is -2.08. The van der Waals surface area contributed by atoms with Gasteiger partial charge < -0.3 is 10.5 Å². The Morgan fingerprint density at radius 1 is 1.53 bits per heavy atom. The summed E-state index contributed by atoms with van der Waals surface area (Å²) in [5.74, 6) is 0.343. The lowest BCUT2D eigenvalue weighted by molar-refractivity contribution is 0.0815. The standard InChI is InChI=1S/C9H8BrF2NOS/c10-6-3-5(9(13)15)1-2-7(6)14-4-8(11)12/h1-3,8H,4H2,(H2,13,15). The van der Waals surface area contributed by atoms with Crippen molar-refractivity contribution in [1.82, 2.24) is 0 Å². The highest BCUT2D eigenvalue weighted by molar-refractivity contribution is 9.10. The van der Waals surface area contributed by atoms with Gasteiger partial charge in [0, 0.05) is 5.56 Å². The van der Waals surface area contributed by atoms with Crippen molar-refractivity contribution in [2.24, 2.45) is 5.73 Å². The number of nitrogens with two attached hydrogens (primary N) is 1. The van der Waals surface area contributed by atoms with Crippen molar-refractivity contribution >= 4 is 33.1 Å². The summed E-state index contributed by atoms with van der Waals surface area (Å²) in [5.41, 5.74) is 6.06. The van der Waals surface area contributed by atoms with Gasteiger partial charge in [0.1, 0.15) is 17.3 Å². The molecule has 0 bridgehead atoms. The van der Waals surface area contributed by atoms with Crippen LogP contribution in [0.5, 0.6) is 5.75 Å². The Hall–Kier alpha value is -0.750. The molecule has 0 aliphatic carbocycles. The summed E-state index contributed by atoms with van der Waals surface area (Å²) in [6.07, 6.45) is -2.49. The molecular weight excluding hydrogens is 288 g/mol. The lowest BCUT2D eigenvalue weighted by atomic mass is 10.2. The van der Waals surface area contributed by atoms with E-state index in [9.17, 15) is 8.78 Å². The zero-order valence-corrected chi connectivity index (χ0v) is 9.95. The normalized spacial score (nSPS) is 10.4. The van der Waals surface area contributed by atoms with Gasteiger partial charge in [-0.3, -0.25) is 0 Å². The third-order valence-corrected chi connectivity index (χ3v) is 2.44. The molecular formula is C9H8BrF2NOS. The largest absolute Gasteiger partial charge is 0.486 e. The molecule has 0 aliphatic heterocycles. The third-order valence-electron chi connectivity index (χ3n) is 1.58. The molecule has 0 atom stereocenters. The summed E-state index contributed by atoms with van der Waals surface area (Å²) >= 11 is 7.95. The minimum Gasteiger partial charge on any atom is -0.486 e. The second-order valence-electron chi connectivity index (χ2n) is 2.71. The molecule has 0 saturated heterocycles. The maximum Gasteiger partial charge on any atom is 0.272 e. The molecule has 1 aromatic rings. The number of alkyl halides is 2. The fourth-order valence-corrected chi connectivity index (χ4v) is 1.54. The second-order valence-corrected chi connectivity index (χ2v) is 4.01. The molecule has 0 saturated carbocycles. The van der Waals surface area contributed by atoms with Gasteiger partial charge in [0.15, 0.2) is 0 Å². The average Bonchev–Trinajstić information content (AvgIpc) is 2.15. The van der Waals surface area contributed by atoms with E-state index in [1.807, 2.05) is 0 Å². The van der Waals surface area contributed by atoms with Gasteiger partial charge in [0.25, 0.3) is 6.43 Å². The van der Waals surface area contributed by atoms with E-state index < -0.39 is 13.0 Å². The molecule has 82 valence electrons. The van der Waals surface area contributed by atoms with E-state index in [-0.39, 0.29) is 4.99 Å². The van der Waals surface area contributed by atoms with Gasteiger partial charge in [-0.15, -0.1) is 0 Å². The minimum atomic E-state index is -2.49. The predicted molar refractivity (Wildman–Crippen MR) is 61.5 cm³/mol. The van der Waals surface area contributed by atoms with Crippen LogP contribution >= 0.6 is 28.1 Å². The van der Waals surface area contributed by atoms with E-state index in [2.05, 4.69) is 15.9 Å². The van der Waals surface area contributed by atoms with Gasteiger partial charge in [0.2, 0.25) is 0 Å². The first-order chi connectivity index (χ1) is 7.00. The van der Waals surface area contributed by atoms with Gasteiger partial charge in [-0.2, -0.15) is 0 Å². The second kappa shape index (κ2) is 5.37. The van der Waals surface area contributed by atoms with Gasteiger partial charge >= 0.3 is 0 Å². The smallest absolute Gasteiger partial charge is 0.272 e. The van der Waals surface area contributed by atoms with Crippen LogP contribution in [-0.2, 0) is 0 Å². The average molecular weight is 296 g/mol. The molecule has 0 radical (unpaired) electrons. The van der Waals surface area contributed by atoms with Crippen molar-refractivity contribution in [3.05, 3.63) is 28.2 Å². The first-order valence-corrected chi connectivity index (χ1v) is 5.21. The van der Waals surface area contributed by atoms with Crippen LogP contribution in [0.2, 0.25) is 0 Å². The summed E-state index contributed by atoms with van der Waals surface area (Å²) in [5, 5.41) is 0. The summed E-state index contributed by atoms with van der Waals surface area (Å²) in [6.45, 7) is -0.634. The van der Waals surface area contributed by atoms with Crippen LogP contribution in [0.15, 0.2) is 22.7 Å². The number of benzene rings is 1. The number of rotatable bonds is 4. The lowest BCUT2D eigenvalue weighted by Crippen LogP contribution is -2.10. The van der Waals surface area contributed by atoms with Gasteiger partial charge in [-0.05, 0) is 34.1 Å². The van der Waals surface area contributed by atoms with Gasteiger partial charge in [-0.1, -0.05) is 12.2 Å². The molecule has 2 nitrogen and oxygen atoms in total. The number of ether oxygens (including phenoxy) is 1. The van der Waals surface area contributed by atoms with Crippen molar-refractivity contribution < 1.29 is 13.5 Å². The summed E-state index contributed by atoms with van der Waals surface area (Å²) < 4.78 is 29.2. The number of thiocarbonyl (C=S) groups is 1. The fraction of sp³-hybridized carbons (Fsp3) is 0.222. The van der Waals surface area contributed by atoms with Crippen LogP contribution in [0.25, 0.3) is 0 Å². The highest BCUT2D eigenvalue weighted by atomic mass is 79.9. The fourth-order valence-electron chi connectivity index (χ4n) is 0.924. The van der Waals surface area contributed by atoms with Crippen LogP contribution in [0.4, 0.5) is 8.78 Å². The molecule has 0 amide bonds. The maximum atomic E-state index is 11.9. The Bertz CT molecular complexity index is 373. The number of hydrogen-bond donors (Lipinski definition) is 1. The van der Waals surface area contributed by atoms with E-state index in [0.29, 0.717) is 15.8 Å². The summed E-state index contributed by atoms with van der Waals surface area (Å²) in [4.78, 5) is 0.246. The molecule has 2 N–H and O–H groups in total. The van der Waals surface area contributed by atoms with Crippen molar-refractivity contribution in [2.75, 3.05) is 6.61 Å². The van der Waals surface area contributed by atoms with Crippen LogP contribution < -0.4 is 10.5 Å². The van der Waals surface area contributed by atoms with Gasteiger partial charge in [0.05, 0.1) is 4.47 Å². The molecule has 15 heavy (non-hydrogen) atoms. The SMILES string of the molecule is NC(=S)c1ccc(OCC(F)F)c(Br)c1. The van der Waals surface area contributed by atoms with Crippen molar-refractivity contribution in [3.63, 3.8) is 0 Å². The van der Waals surface area contributed by atoms with Crippen LogP contribution in [0.3, 0.4) is 0 Å². The summed E-state index contributed by atoms with van der Waals surface area (Å²) in [6, 6.07) is 4.79. The molecule has 6 heteroatoms. The van der Waals surface area contributed by atoms with E-state index in [1.54, 1.807) is 18.2 Å². The van der Waals surface area contributed by atoms with Crippen LogP contribution in [-0.4, -0.2) is 18.0 Å². The van der Waals surface area contributed by atoms with E-state index in [4.69, 9.17) is 22.7 Å². The Morgan fingerprint density at radius 3 is 2.67 bits per heavy atom. The zero-order valence-electron chi connectivity index (χ0n) is 7.54. The molecule has 0 unspecified atom stereocenters. The van der Waals surface area contributed by atoms with E-state index in [0.717, 1.165) is 0 Å². The van der Waals surface area contributed by atoms with E-state index in [1.165, 1.54) is 0 Å². The van der Waals surface area contributed by atoms with Crippen molar-refractivity contribution in [1.29, 1.82) is 0 Å². The molecule has 0 aliphatic rings. The topological polar surface area (TPSA) is 35.2 Å². The highest BCUT2D eigenvalue weighted by Gasteiger charge is 2.07. The molecule has 0 fully saturated rings. The summed E-state index contributed by atoms with van der Waals surface area (Å²) in [7, 11) is 0. The number of hydrogen-bond acceptors (Lipinski definition) is 2. The van der Waals surface area contributed by atoms with Crippen molar-refractivity contribution in [3.8, 4) is 5.75 Å². The number of halogens is 3. The van der Waals surface area contributed by atoms with Crippen molar-refractivity contribution in [2.45, 2.75) is 6.43 Å². The highest BCUT2D eigenvalue weighted by Crippen LogP contribution is 2.26. The Kier molecular flexibility index (Phi) is 4.41. The van der Waals surface area contributed by atoms with Crippen LogP contribution in [0, 0.1) is 0 Å². The Morgan fingerprint density at radius 2 is 2.20 bits per heavy atom. The first-order valence-electron chi connectivity index (χ1n) is 4.01.